The molecule has 0 aromatic carbocycles. The number of rotatable bonds is 8. The van der Waals surface area contributed by atoms with Gasteiger partial charge in [0.25, 0.3) is 0 Å². The topological polar surface area (TPSA) is 24.9 Å². The SMILES string of the molecule is CCCC(CCC)C(Cc1nc(C)cs1)NC. The molecule has 1 aromatic heterocycles. The highest BCUT2D eigenvalue weighted by Gasteiger charge is 2.19. The summed E-state index contributed by atoms with van der Waals surface area (Å²) >= 11 is 1.80. The highest BCUT2D eigenvalue weighted by molar-refractivity contribution is 7.09. The molecule has 1 N–H and O–H groups in total. The Kier molecular flexibility index (Phi) is 6.75. The van der Waals surface area contributed by atoms with Crippen molar-refractivity contribution >= 4 is 11.3 Å². The first-order valence-electron chi connectivity index (χ1n) is 6.79. The lowest BCUT2D eigenvalue weighted by molar-refractivity contribution is 0.322. The van der Waals surface area contributed by atoms with Crippen molar-refractivity contribution in [1.29, 1.82) is 0 Å². The molecule has 0 amide bonds. The van der Waals surface area contributed by atoms with Gasteiger partial charge < -0.3 is 5.32 Å². The first-order valence-corrected chi connectivity index (χ1v) is 7.67. The van der Waals surface area contributed by atoms with Crippen molar-refractivity contribution in [3.05, 3.63) is 16.1 Å². The normalized spacial score (nSPS) is 13.2. The Labute approximate surface area is 110 Å². The van der Waals surface area contributed by atoms with Gasteiger partial charge in [-0.25, -0.2) is 4.98 Å². The largest absolute Gasteiger partial charge is 0.316 e. The van der Waals surface area contributed by atoms with E-state index in [4.69, 9.17) is 0 Å². The van der Waals surface area contributed by atoms with Crippen molar-refractivity contribution in [2.45, 2.75) is 58.9 Å². The Morgan fingerprint density at radius 2 is 1.94 bits per heavy atom. The van der Waals surface area contributed by atoms with Crippen LogP contribution in [0.25, 0.3) is 0 Å². The van der Waals surface area contributed by atoms with Crippen LogP contribution in [0.2, 0.25) is 0 Å². The minimum absolute atomic E-state index is 0.584. The summed E-state index contributed by atoms with van der Waals surface area (Å²) in [6, 6.07) is 0.584. The number of likely N-dealkylation sites (N-methyl/N-ethyl adjacent to an activating group) is 1. The quantitative estimate of drug-likeness (QED) is 0.763. The molecular formula is C14H26N2S. The van der Waals surface area contributed by atoms with E-state index >= 15 is 0 Å². The van der Waals surface area contributed by atoms with Gasteiger partial charge >= 0.3 is 0 Å². The molecule has 98 valence electrons. The molecule has 1 atom stereocenters. The molecule has 0 fully saturated rings. The van der Waals surface area contributed by atoms with E-state index in [1.54, 1.807) is 11.3 Å². The number of hydrogen-bond donors (Lipinski definition) is 1. The van der Waals surface area contributed by atoms with Crippen molar-refractivity contribution in [2.24, 2.45) is 5.92 Å². The van der Waals surface area contributed by atoms with Crippen LogP contribution in [-0.2, 0) is 6.42 Å². The fourth-order valence-electron chi connectivity index (χ4n) is 2.48. The van der Waals surface area contributed by atoms with Crippen LogP contribution in [0.15, 0.2) is 5.38 Å². The molecule has 0 aliphatic rings. The summed E-state index contributed by atoms with van der Waals surface area (Å²) in [4.78, 5) is 4.58. The van der Waals surface area contributed by atoms with Gasteiger partial charge in [0.1, 0.15) is 0 Å². The highest BCUT2D eigenvalue weighted by Crippen LogP contribution is 2.22. The molecule has 3 heteroatoms. The van der Waals surface area contributed by atoms with Gasteiger partial charge in [-0.15, -0.1) is 11.3 Å². The molecule has 1 aromatic rings. The Morgan fingerprint density at radius 3 is 2.35 bits per heavy atom. The number of hydrogen-bond acceptors (Lipinski definition) is 3. The van der Waals surface area contributed by atoms with E-state index in [1.807, 2.05) is 0 Å². The number of nitrogens with zero attached hydrogens (tertiary/aromatic N) is 1. The van der Waals surface area contributed by atoms with E-state index < -0.39 is 0 Å². The van der Waals surface area contributed by atoms with Gasteiger partial charge in [0, 0.05) is 23.5 Å². The number of aromatic nitrogens is 1. The fourth-order valence-corrected chi connectivity index (χ4v) is 3.31. The smallest absolute Gasteiger partial charge is 0.0943 e. The second-order valence-electron chi connectivity index (χ2n) is 4.82. The zero-order valence-electron chi connectivity index (χ0n) is 11.6. The summed E-state index contributed by atoms with van der Waals surface area (Å²) in [5, 5.41) is 6.92. The molecule has 2 nitrogen and oxygen atoms in total. The Morgan fingerprint density at radius 1 is 1.29 bits per heavy atom. The van der Waals surface area contributed by atoms with E-state index in [-0.39, 0.29) is 0 Å². The fraction of sp³-hybridized carbons (Fsp3) is 0.786. The van der Waals surface area contributed by atoms with Crippen molar-refractivity contribution in [3.63, 3.8) is 0 Å². The van der Waals surface area contributed by atoms with Gasteiger partial charge in [-0.3, -0.25) is 0 Å². The predicted octanol–water partition coefficient (Wildman–Crippen LogP) is 3.80. The van der Waals surface area contributed by atoms with Gasteiger partial charge in [0.15, 0.2) is 0 Å². The monoisotopic (exact) mass is 254 g/mol. The zero-order chi connectivity index (χ0) is 12.7. The maximum Gasteiger partial charge on any atom is 0.0943 e. The van der Waals surface area contributed by atoms with Crippen LogP contribution in [0, 0.1) is 12.8 Å². The maximum absolute atomic E-state index is 4.58. The molecule has 0 radical (unpaired) electrons. The average Bonchev–Trinajstić information content (AvgIpc) is 2.72. The molecular weight excluding hydrogens is 228 g/mol. The summed E-state index contributed by atoms with van der Waals surface area (Å²) in [5.41, 5.74) is 1.15. The number of aryl methyl sites for hydroxylation is 1. The molecule has 0 bridgehead atoms. The molecule has 0 aliphatic carbocycles. The van der Waals surface area contributed by atoms with E-state index in [9.17, 15) is 0 Å². The van der Waals surface area contributed by atoms with Crippen LogP contribution in [0.1, 0.15) is 50.2 Å². The third-order valence-electron chi connectivity index (χ3n) is 3.32. The Balaban J connectivity index is 2.61. The first kappa shape index (κ1) is 14.7. The van der Waals surface area contributed by atoms with Crippen LogP contribution >= 0.6 is 11.3 Å². The number of thiazole rings is 1. The summed E-state index contributed by atoms with van der Waals surface area (Å²) in [6.45, 7) is 6.63. The van der Waals surface area contributed by atoms with Crippen LogP contribution < -0.4 is 5.32 Å². The van der Waals surface area contributed by atoms with Gasteiger partial charge in [-0.1, -0.05) is 26.7 Å². The van der Waals surface area contributed by atoms with Gasteiger partial charge in [0.05, 0.1) is 5.01 Å². The maximum atomic E-state index is 4.58. The highest BCUT2D eigenvalue weighted by atomic mass is 32.1. The molecule has 17 heavy (non-hydrogen) atoms. The Hall–Kier alpha value is -0.410. The summed E-state index contributed by atoms with van der Waals surface area (Å²) < 4.78 is 0. The lowest BCUT2D eigenvalue weighted by atomic mass is 9.89. The second-order valence-corrected chi connectivity index (χ2v) is 5.76. The molecule has 1 unspecified atom stereocenters. The summed E-state index contributed by atoms with van der Waals surface area (Å²) in [6.07, 6.45) is 6.28. The van der Waals surface area contributed by atoms with Crippen molar-refractivity contribution in [3.8, 4) is 0 Å². The molecule has 1 rings (SSSR count). The van der Waals surface area contributed by atoms with Crippen molar-refractivity contribution in [1.82, 2.24) is 10.3 Å². The van der Waals surface area contributed by atoms with E-state index in [1.165, 1.54) is 30.7 Å². The van der Waals surface area contributed by atoms with Crippen LogP contribution in [0.4, 0.5) is 0 Å². The zero-order valence-corrected chi connectivity index (χ0v) is 12.4. The van der Waals surface area contributed by atoms with Crippen LogP contribution in [0.5, 0.6) is 0 Å². The lowest BCUT2D eigenvalue weighted by Crippen LogP contribution is -2.35. The van der Waals surface area contributed by atoms with E-state index in [0.29, 0.717) is 6.04 Å². The molecule has 1 heterocycles. The average molecular weight is 254 g/mol. The predicted molar refractivity (Wildman–Crippen MR) is 76.7 cm³/mol. The summed E-state index contributed by atoms with van der Waals surface area (Å²) in [5.74, 6) is 0.791. The number of nitrogens with one attached hydrogen (secondary N) is 1. The van der Waals surface area contributed by atoms with Crippen LogP contribution in [-0.4, -0.2) is 18.1 Å². The molecule has 0 saturated carbocycles. The van der Waals surface area contributed by atoms with Crippen molar-refractivity contribution < 1.29 is 0 Å². The minimum atomic E-state index is 0.584. The lowest BCUT2D eigenvalue weighted by Gasteiger charge is -2.25. The third kappa shape index (κ3) is 4.76. The third-order valence-corrected chi connectivity index (χ3v) is 4.31. The summed E-state index contributed by atoms with van der Waals surface area (Å²) in [7, 11) is 2.09. The standard InChI is InChI=1S/C14H26N2S/c1-5-7-12(8-6-2)13(15-4)9-14-16-11(3)10-17-14/h10,12-13,15H,5-9H2,1-4H3. The van der Waals surface area contributed by atoms with Crippen LogP contribution in [0.3, 0.4) is 0 Å². The molecule has 0 spiro atoms. The van der Waals surface area contributed by atoms with Crippen molar-refractivity contribution in [2.75, 3.05) is 7.05 Å². The van der Waals surface area contributed by atoms with E-state index in [2.05, 4.69) is 43.5 Å². The molecule has 0 saturated heterocycles. The van der Waals surface area contributed by atoms with E-state index in [0.717, 1.165) is 18.0 Å². The van der Waals surface area contributed by atoms with Gasteiger partial charge in [-0.05, 0) is 32.7 Å². The molecule has 0 aliphatic heterocycles. The van der Waals surface area contributed by atoms with Gasteiger partial charge in [0.2, 0.25) is 0 Å². The Bertz CT molecular complexity index is 303. The first-order chi connectivity index (χ1) is 8.21. The van der Waals surface area contributed by atoms with Gasteiger partial charge in [-0.2, -0.15) is 0 Å². The second kappa shape index (κ2) is 7.83. The minimum Gasteiger partial charge on any atom is -0.316 e.